The van der Waals surface area contributed by atoms with Crippen LogP contribution in [0.5, 0.6) is 0 Å². The number of rotatable bonds is 10. The molecule has 40 heavy (non-hydrogen) atoms. The van der Waals surface area contributed by atoms with Crippen molar-refractivity contribution in [3.8, 4) is 0 Å². The van der Waals surface area contributed by atoms with Gasteiger partial charge in [-0.15, -0.1) is 0 Å². The number of carbonyl (C=O) groups excluding carboxylic acids is 3. The van der Waals surface area contributed by atoms with Gasteiger partial charge in [-0.25, -0.2) is 9.59 Å². The maximum atomic E-state index is 13.1. The van der Waals surface area contributed by atoms with Gasteiger partial charge in [0, 0.05) is 45.6 Å². The van der Waals surface area contributed by atoms with Crippen molar-refractivity contribution in [2.45, 2.75) is 89.7 Å². The molecule has 1 N–H and O–H groups in total. The Bertz CT molecular complexity index is 1070. The highest BCUT2D eigenvalue weighted by Crippen LogP contribution is 2.29. The summed E-state index contributed by atoms with van der Waals surface area (Å²) in [5.74, 6) is -2.08. The Morgan fingerprint density at radius 2 is 1.40 bits per heavy atom. The van der Waals surface area contributed by atoms with Crippen LogP contribution in [0.15, 0.2) is 24.3 Å². The number of carboxylic acid groups (broad SMARTS) is 1. The molecule has 3 rings (SSSR count). The van der Waals surface area contributed by atoms with E-state index in [0.29, 0.717) is 44.3 Å². The van der Waals surface area contributed by atoms with Crippen molar-refractivity contribution in [3.05, 3.63) is 35.4 Å². The summed E-state index contributed by atoms with van der Waals surface area (Å²) in [7, 11) is 0. The van der Waals surface area contributed by atoms with Gasteiger partial charge in [-0.3, -0.25) is 14.5 Å². The molecule has 2 heterocycles. The van der Waals surface area contributed by atoms with Gasteiger partial charge in [0.1, 0.15) is 17.7 Å². The lowest BCUT2D eigenvalue weighted by Gasteiger charge is -2.29. The van der Waals surface area contributed by atoms with Gasteiger partial charge < -0.3 is 19.6 Å². The summed E-state index contributed by atoms with van der Waals surface area (Å²) in [4.78, 5) is 54.7. The van der Waals surface area contributed by atoms with E-state index >= 15 is 0 Å². The second-order valence-corrected chi connectivity index (χ2v) is 11.3. The van der Waals surface area contributed by atoms with Crippen LogP contribution >= 0.6 is 0 Å². The van der Waals surface area contributed by atoms with E-state index < -0.39 is 41.4 Å². The SMILES string of the molecule is CC(C)(C)OC(=O)[C@H]1CCCN1C(=O)CCN(CCC(=O)N1CCC[C@@H]1C(=O)O)Cc1ccc(C(F)(F)F)cc1. The van der Waals surface area contributed by atoms with Crippen LogP contribution in [0.1, 0.15) is 70.4 Å². The van der Waals surface area contributed by atoms with E-state index in [1.807, 2.05) is 0 Å². The van der Waals surface area contributed by atoms with Crippen LogP contribution in [-0.2, 0) is 36.6 Å². The summed E-state index contributed by atoms with van der Waals surface area (Å²) >= 11 is 0. The molecule has 0 saturated carbocycles. The Kier molecular flexibility index (Phi) is 10.2. The van der Waals surface area contributed by atoms with Crippen molar-refractivity contribution in [3.63, 3.8) is 0 Å². The maximum Gasteiger partial charge on any atom is 0.416 e. The Morgan fingerprint density at radius 1 is 0.900 bits per heavy atom. The number of halogens is 3. The summed E-state index contributed by atoms with van der Waals surface area (Å²) in [5, 5.41) is 9.40. The fourth-order valence-electron chi connectivity index (χ4n) is 5.12. The Morgan fingerprint density at radius 3 is 1.88 bits per heavy atom. The average Bonchev–Trinajstić information content (AvgIpc) is 3.54. The minimum absolute atomic E-state index is 0.00283. The first-order valence-corrected chi connectivity index (χ1v) is 13.6. The number of ether oxygens (including phenoxy) is 1. The van der Waals surface area contributed by atoms with Crippen molar-refractivity contribution in [1.29, 1.82) is 0 Å². The number of nitrogens with zero attached hydrogens (tertiary/aromatic N) is 3. The number of likely N-dealkylation sites (tertiary alicyclic amines) is 2. The van der Waals surface area contributed by atoms with E-state index in [9.17, 15) is 37.5 Å². The lowest BCUT2D eigenvalue weighted by atomic mass is 10.1. The maximum absolute atomic E-state index is 13.1. The van der Waals surface area contributed by atoms with Gasteiger partial charge in [0.25, 0.3) is 0 Å². The van der Waals surface area contributed by atoms with Crippen molar-refractivity contribution in [2.24, 2.45) is 0 Å². The molecular formula is C28H38F3N3O6. The Labute approximate surface area is 232 Å². The van der Waals surface area contributed by atoms with Crippen molar-refractivity contribution >= 4 is 23.8 Å². The molecule has 0 unspecified atom stereocenters. The van der Waals surface area contributed by atoms with E-state index in [2.05, 4.69) is 0 Å². The summed E-state index contributed by atoms with van der Waals surface area (Å²) < 4.78 is 44.5. The standard InChI is InChI=1S/C28H38F3N3O6/c1-27(2,3)40-26(39)22-7-5-15-34(22)24(36)13-17-32(18-19-8-10-20(11-9-19)28(29,30)31)16-12-23(35)33-14-4-6-21(33)25(37)38/h8-11,21-22H,4-7,12-18H2,1-3H3,(H,37,38)/t21-,22-/m1/s1. The van der Waals surface area contributed by atoms with Crippen molar-refractivity contribution in [1.82, 2.24) is 14.7 Å². The highest BCUT2D eigenvalue weighted by molar-refractivity contribution is 5.86. The zero-order valence-corrected chi connectivity index (χ0v) is 23.2. The van der Waals surface area contributed by atoms with Crippen LogP contribution in [-0.4, -0.2) is 87.4 Å². The van der Waals surface area contributed by atoms with E-state index in [1.54, 1.807) is 25.7 Å². The normalized spacial score (nSPS) is 19.8. The number of hydrogen-bond acceptors (Lipinski definition) is 6. The minimum atomic E-state index is -4.46. The molecule has 2 saturated heterocycles. The predicted molar refractivity (Wildman–Crippen MR) is 139 cm³/mol. The molecule has 0 spiro atoms. The number of benzene rings is 1. The smallest absolute Gasteiger partial charge is 0.416 e. The molecule has 1 aromatic rings. The molecule has 222 valence electrons. The lowest BCUT2D eigenvalue weighted by molar-refractivity contribution is -0.163. The highest BCUT2D eigenvalue weighted by Gasteiger charge is 2.37. The molecule has 9 nitrogen and oxygen atoms in total. The fraction of sp³-hybridized carbons (Fsp3) is 0.643. The van der Waals surface area contributed by atoms with E-state index in [0.717, 1.165) is 12.1 Å². The van der Waals surface area contributed by atoms with E-state index in [1.165, 1.54) is 21.9 Å². The van der Waals surface area contributed by atoms with Crippen LogP contribution < -0.4 is 0 Å². The molecule has 12 heteroatoms. The summed E-state index contributed by atoms with van der Waals surface area (Å²) in [6.45, 7) is 6.63. The molecule has 0 radical (unpaired) electrons. The zero-order valence-electron chi connectivity index (χ0n) is 23.2. The quantitative estimate of drug-likeness (QED) is 0.428. The third kappa shape index (κ3) is 8.67. The lowest BCUT2D eigenvalue weighted by Crippen LogP contribution is -2.44. The molecular weight excluding hydrogens is 531 g/mol. The van der Waals surface area contributed by atoms with Crippen LogP contribution in [0.2, 0.25) is 0 Å². The first-order chi connectivity index (χ1) is 18.7. The first kappa shape index (κ1) is 31.4. The fourth-order valence-corrected chi connectivity index (χ4v) is 5.12. The number of carboxylic acids is 1. The minimum Gasteiger partial charge on any atom is -0.480 e. The molecule has 0 aromatic heterocycles. The number of esters is 1. The number of aliphatic carboxylic acids is 1. The zero-order chi connectivity index (χ0) is 29.7. The summed E-state index contributed by atoms with van der Waals surface area (Å²) in [5.41, 5.74) is -0.886. The number of carbonyl (C=O) groups is 4. The number of alkyl halides is 3. The Hall–Kier alpha value is -3.15. The van der Waals surface area contributed by atoms with Gasteiger partial charge in [0.05, 0.1) is 5.56 Å². The van der Waals surface area contributed by atoms with Gasteiger partial charge in [-0.2, -0.15) is 13.2 Å². The second kappa shape index (κ2) is 13.0. The largest absolute Gasteiger partial charge is 0.480 e. The molecule has 2 amide bonds. The van der Waals surface area contributed by atoms with Crippen LogP contribution in [0.4, 0.5) is 13.2 Å². The third-order valence-electron chi connectivity index (χ3n) is 7.08. The predicted octanol–water partition coefficient (Wildman–Crippen LogP) is 3.70. The molecule has 1 aromatic carbocycles. The van der Waals surface area contributed by atoms with Crippen molar-refractivity contribution in [2.75, 3.05) is 26.2 Å². The summed E-state index contributed by atoms with van der Waals surface area (Å²) in [6, 6.07) is 3.17. The monoisotopic (exact) mass is 569 g/mol. The molecule has 2 fully saturated rings. The van der Waals surface area contributed by atoms with Gasteiger partial charge in [0.15, 0.2) is 0 Å². The van der Waals surface area contributed by atoms with Gasteiger partial charge in [-0.05, 0) is 64.2 Å². The van der Waals surface area contributed by atoms with Crippen LogP contribution in [0, 0.1) is 0 Å². The molecule has 2 atom stereocenters. The number of hydrogen-bond donors (Lipinski definition) is 1. The van der Waals surface area contributed by atoms with Gasteiger partial charge in [0.2, 0.25) is 11.8 Å². The van der Waals surface area contributed by atoms with E-state index in [4.69, 9.17) is 4.74 Å². The molecule has 2 aliphatic rings. The Balaban J connectivity index is 1.67. The molecule has 2 aliphatic heterocycles. The highest BCUT2D eigenvalue weighted by atomic mass is 19.4. The average molecular weight is 570 g/mol. The van der Waals surface area contributed by atoms with E-state index in [-0.39, 0.29) is 44.3 Å². The third-order valence-corrected chi connectivity index (χ3v) is 7.08. The first-order valence-electron chi connectivity index (χ1n) is 13.6. The van der Waals surface area contributed by atoms with Crippen molar-refractivity contribution < 1.29 is 42.2 Å². The number of amides is 2. The van der Waals surface area contributed by atoms with Crippen LogP contribution in [0.3, 0.4) is 0 Å². The summed E-state index contributed by atoms with van der Waals surface area (Å²) in [6.07, 6.45) is -2.27. The van der Waals surface area contributed by atoms with Gasteiger partial charge >= 0.3 is 18.1 Å². The molecule has 0 bridgehead atoms. The van der Waals surface area contributed by atoms with Crippen LogP contribution in [0.25, 0.3) is 0 Å². The van der Waals surface area contributed by atoms with Gasteiger partial charge in [-0.1, -0.05) is 12.1 Å². The second-order valence-electron chi connectivity index (χ2n) is 11.3. The topological polar surface area (TPSA) is 107 Å². The molecule has 0 aliphatic carbocycles.